The van der Waals surface area contributed by atoms with E-state index in [4.69, 9.17) is 4.74 Å². The van der Waals surface area contributed by atoms with Crippen molar-refractivity contribution < 1.29 is 27.4 Å². The van der Waals surface area contributed by atoms with Crippen molar-refractivity contribution >= 4 is 5.91 Å². The van der Waals surface area contributed by atoms with Crippen LogP contribution in [0.1, 0.15) is 17.3 Å². The average Bonchev–Trinajstić information content (AvgIpc) is 2.38. The number of hydrogen-bond acceptors (Lipinski definition) is 4. The highest BCUT2D eigenvalue weighted by molar-refractivity contribution is 5.93. The summed E-state index contributed by atoms with van der Waals surface area (Å²) in [5, 5.41) is 2.42. The van der Waals surface area contributed by atoms with Gasteiger partial charge in [0.05, 0.1) is 18.8 Å². The second kappa shape index (κ2) is 7.68. The van der Waals surface area contributed by atoms with E-state index in [-0.39, 0.29) is 13.2 Å². The van der Waals surface area contributed by atoms with Gasteiger partial charge in [-0.05, 0) is 13.0 Å². The molecule has 20 heavy (non-hydrogen) atoms. The topological polar surface area (TPSA) is 60.5 Å². The lowest BCUT2D eigenvalue weighted by Gasteiger charge is -2.08. The van der Waals surface area contributed by atoms with Gasteiger partial charge < -0.3 is 14.8 Å². The monoisotopic (exact) mass is 292 g/mol. The third-order valence-corrected chi connectivity index (χ3v) is 2.09. The molecule has 0 atom stereocenters. The van der Waals surface area contributed by atoms with Crippen LogP contribution in [-0.2, 0) is 4.74 Å². The van der Waals surface area contributed by atoms with Crippen LogP contribution in [0.2, 0.25) is 0 Å². The number of carbonyl (C=O) groups excluding carboxylic acids is 1. The van der Waals surface area contributed by atoms with Gasteiger partial charge in [0.15, 0.2) is 0 Å². The summed E-state index contributed by atoms with van der Waals surface area (Å²) in [4.78, 5) is 15.5. The molecular weight excluding hydrogens is 277 g/mol. The molecule has 0 saturated heterocycles. The molecule has 0 bridgehead atoms. The maximum Gasteiger partial charge on any atom is 0.411 e. The Hall–Kier alpha value is -1.83. The van der Waals surface area contributed by atoms with E-state index in [0.29, 0.717) is 18.1 Å². The van der Waals surface area contributed by atoms with Crippen LogP contribution in [0.4, 0.5) is 13.2 Å². The van der Waals surface area contributed by atoms with E-state index in [1.165, 1.54) is 12.3 Å². The van der Waals surface area contributed by atoms with Crippen LogP contribution in [-0.4, -0.2) is 43.4 Å². The fraction of sp³-hybridized carbons (Fsp3) is 0.500. The molecule has 0 aromatic carbocycles. The van der Waals surface area contributed by atoms with Crippen LogP contribution in [0.5, 0.6) is 5.88 Å². The fourth-order valence-electron chi connectivity index (χ4n) is 1.27. The molecule has 112 valence electrons. The second-order valence-electron chi connectivity index (χ2n) is 3.74. The lowest BCUT2D eigenvalue weighted by Crippen LogP contribution is -2.28. The highest BCUT2D eigenvalue weighted by atomic mass is 19.4. The molecule has 5 nitrogen and oxygen atoms in total. The number of pyridine rings is 1. The van der Waals surface area contributed by atoms with Crippen molar-refractivity contribution in [1.82, 2.24) is 10.3 Å². The van der Waals surface area contributed by atoms with Gasteiger partial charge in [0.25, 0.3) is 5.91 Å². The van der Waals surface area contributed by atoms with Crippen LogP contribution >= 0.6 is 0 Å². The number of nitrogens with one attached hydrogen (secondary N) is 1. The Balaban J connectivity index is 2.28. The number of hydrogen-bond donors (Lipinski definition) is 1. The molecule has 1 aromatic rings. The van der Waals surface area contributed by atoms with E-state index in [0.717, 1.165) is 0 Å². The van der Waals surface area contributed by atoms with Gasteiger partial charge in [-0.25, -0.2) is 4.98 Å². The zero-order valence-corrected chi connectivity index (χ0v) is 10.9. The Morgan fingerprint density at radius 1 is 1.40 bits per heavy atom. The van der Waals surface area contributed by atoms with Gasteiger partial charge in [0, 0.05) is 18.8 Å². The highest BCUT2D eigenvalue weighted by Gasteiger charge is 2.27. The first kappa shape index (κ1) is 16.2. The van der Waals surface area contributed by atoms with Crippen molar-refractivity contribution in [3.8, 4) is 5.88 Å². The Kier molecular flexibility index (Phi) is 6.23. The minimum atomic E-state index is -4.36. The van der Waals surface area contributed by atoms with Gasteiger partial charge in [0.1, 0.15) is 6.61 Å². The zero-order chi connectivity index (χ0) is 15.0. The Labute approximate surface area is 114 Å². The molecule has 0 fully saturated rings. The molecular formula is C12H15F3N2O3. The molecule has 1 N–H and O–H groups in total. The Bertz CT molecular complexity index is 421. The van der Waals surface area contributed by atoms with Gasteiger partial charge in [-0.2, -0.15) is 13.2 Å². The number of alkyl halides is 3. The summed E-state index contributed by atoms with van der Waals surface area (Å²) in [6, 6.07) is 3.06. The van der Waals surface area contributed by atoms with Gasteiger partial charge in [-0.15, -0.1) is 0 Å². The van der Waals surface area contributed by atoms with Crippen molar-refractivity contribution in [1.29, 1.82) is 0 Å². The van der Waals surface area contributed by atoms with E-state index in [1.807, 2.05) is 6.92 Å². The van der Waals surface area contributed by atoms with Gasteiger partial charge >= 0.3 is 6.18 Å². The smallest absolute Gasteiger partial charge is 0.411 e. The Morgan fingerprint density at radius 2 is 2.15 bits per heavy atom. The number of amides is 1. The van der Waals surface area contributed by atoms with Crippen molar-refractivity contribution in [2.75, 3.05) is 26.4 Å². The summed E-state index contributed by atoms with van der Waals surface area (Å²) in [5.74, 6) is -0.0336. The van der Waals surface area contributed by atoms with Crippen molar-refractivity contribution in [2.24, 2.45) is 0 Å². The lowest BCUT2D eigenvalue weighted by atomic mass is 10.2. The van der Waals surface area contributed by atoms with E-state index in [2.05, 4.69) is 15.0 Å². The highest BCUT2D eigenvalue weighted by Crippen LogP contribution is 2.14. The van der Waals surface area contributed by atoms with E-state index < -0.39 is 18.7 Å². The molecule has 1 amide bonds. The standard InChI is InChI=1S/C12H15F3N2O3/c1-2-20-10-4-3-9(7-17-10)11(18)16-5-6-19-8-12(13,14)15/h3-4,7H,2,5-6,8H2,1H3,(H,16,18). The second-order valence-corrected chi connectivity index (χ2v) is 3.74. The van der Waals surface area contributed by atoms with Crippen LogP contribution in [0.15, 0.2) is 18.3 Å². The molecule has 0 saturated carbocycles. The van der Waals surface area contributed by atoms with Crippen molar-refractivity contribution in [2.45, 2.75) is 13.1 Å². The molecule has 0 radical (unpaired) electrons. The van der Waals surface area contributed by atoms with E-state index >= 15 is 0 Å². The van der Waals surface area contributed by atoms with Gasteiger partial charge in [0.2, 0.25) is 5.88 Å². The summed E-state index contributed by atoms with van der Waals surface area (Å²) in [5.41, 5.74) is 0.296. The number of ether oxygens (including phenoxy) is 2. The van der Waals surface area contributed by atoms with Crippen LogP contribution in [0.3, 0.4) is 0 Å². The maximum absolute atomic E-state index is 11.8. The first-order valence-electron chi connectivity index (χ1n) is 5.94. The summed E-state index contributed by atoms with van der Waals surface area (Å²) in [7, 11) is 0. The Morgan fingerprint density at radius 3 is 2.70 bits per heavy atom. The molecule has 0 aliphatic carbocycles. The largest absolute Gasteiger partial charge is 0.478 e. The fourth-order valence-corrected chi connectivity index (χ4v) is 1.27. The molecule has 1 rings (SSSR count). The van der Waals surface area contributed by atoms with Crippen LogP contribution in [0, 0.1) is 0 Å². The first-order valence-corrected chi connectivity index (χ1v) is 5.94. The minimum absolute atomic E-state index is 0.0118. The average molecular weight is 292 g/mol. The maximum atomic E-state index is 11.8. The summed E-state index contributed by atoms with van der Waals surface area (Å²) >= 11 is 0. The van der Waals surface area contributed by atoms with Crippen LogP contribution < -0.4 is 10.1 Å². The van der Waals surface area contributed by atoms with Crippen molar-refractivity contribution in [3.63, 3.8) is 0 Å². The molecule has 1 aromatic heterocycles. The van der Waals surface area contributed by atoms with E-state index in [9.17, 15) is 18.0 Å². The molecule has 1 heterocycles. The zero-order valence-electron chi connectivity index (χ0n) is 10.9. The summed E-state index contributed by atoms with van der Waals surface area (Å²) < 4.78 is 44.8. The third kappa shape index (κ3) is 6.37. The predicted molar refractivity (Wildman–Crippen MR) is 64.6 cm³/mol. The molecule has 0 spiro atoms. The number of rotatable bonds is 7. The van der Waals surface area contributed by atoms with Crippen molar-refractivity contribution in [3.05, 3.63) is 23.9 Å². The summed E-state index contributed by atoms with van der Waals surface area (Å²) in [6.07, 6.45) is -3.03. The van der Waals surface area contributed by atoms with Gasteiger partial charge in [-0.1, -0.05) is 0 Å². The summed E-state index contributed by atoms with van der Waals surface area (Å²) in [6.45, 7) is 0.726. The normalized spacial score (nSPS) is 11.2. The first-order chi connectivity index (χ1) is 9.42. The van der Waals surface area contributed by atoms with E-state index in [1.54, 1.807) is 6.07 Å². The third-order valence-electron chi connectivity index (χ3n) is 2.09. The number of nitrogens with zero attached hydrogens (tertiary/aromatic N) is 1. The lowest BCUT2D eigenvalue weighted by molar-refractivity contribution is -0.173. The number of halogens is 3. The van der Waals surface area contributed by atoms with Gasteiger partial charge in [-0.3, -0.25) is 4.79 Å². The molecule has 0 aliphatic heterocycles. The minimum Gasteiger partial charge on any atom is -0.478 e. The molecule has 0 unspecified atom stereocenters. The SMILES string of the molecule is CCOc1ccc(C(=O)NCCOCC(F)(F)F)cn1. The number of aromatic nitrogens is 1. The molecule has 8 heteroatoms. The van der Waals surface area contributed by atoms with Crippen LogP contribution in [0.25, 0.3) is 0 Å². The predicted octanol–water partition coefficient (Wildman–Crippen LogP) is 1.79. The quantitative estimate of drug-likeness (QED) is 0.778. The molecule has 0 aliphatic rings. The number of carbonyl (C=O) groups is 1.